The van der Waals surface area contributed by atoms with E-state index >= 15 is 0 Å². The van der Waals surface area contributed by atoms with Crippen molar-refractivity contribution in [2.75, 3.05) is 4.72 Å². The van der Waals surface area contributed by atoms with Gasteiger partial charge in [0.1, 0.15) is 4.88 Å². The number of sulfonamides is 1. The zero-order chi connectivity index (χ0) is 15.6. The van der Waals surface area contributed by atoms with Gasteiger partial charge in [0.05, 0.1) is 10.6 Å². The van der Waals surface area contributed by atoms with Gasteiger partial charge in [0.2, 0.25) is 0 Å². The van der Waals surface area contributed by atoms with E-state index in [-0.39, 0.29) is 15.5 Å². The van der Waals surface area contributed by atoms with Crippen molar-refractivity contribution in [1.29, 1.82) is 0 Å². The maximum Gasteiger partial charge on any atom is 0.348 e. The molecule has 0 aliphatic heterocycles. The van der Waals surface area contributed by atoms with E-state index in [1.165, 1.54) is 12.1 Å². The van der Waals surface area contributed by atoms with Crippen LogP contribution in [-0.4, -0.2) is 19.5 Å². The van der Waals surface area contributed by atoms with Gasteiger partial charge in [-0.25, -0.2) is 13.2 Å². The van der Waals surface area contributed by atoms with E-state index in [1.807, 2.05) is 6.92 Å². The Morgan fingerprint density at radius 1 is 1.29 bits per heavy atom. The topological polar surface area (TPSA) is 83.5 Å². The van der Waals surface area contributed by atoms with E-state index in [4.69, 9.17) is 5.11 Å². The van der Waals surface area contributed by atoms with E-state index in [2.05, 4.69) is 4.72 Å². The Kier molecular flexibility index (Phi) is 4.34. The molecule has 2 aromatic rings. The number of benzene rings is 1. The summed E-state index contributed by atoms with van der Waals surface area (Å²) >= 11 is 1.000. The maximum absolute atomic E-state index is 12.3. The average Bonchev–Trinajstić information content (AvgIpc) is 2.80. The highest BCUT2D eigenvalue weighted by Gasteiger charge is 2.21. The smallest absolute Gasteiger partial charge is 0.348 e. The van der Waals surface area contributed by atoms with Crippen molar-refractivity contribution in [1.82, 2.24) is 0 Å². The van der Waals surface area contributed by atoms with Gasteiger partial charge in [-0.2, -0.15) is 0 Å². The molecule has 21 heavy (non-hydrogen) atoms. The first-order valence-corrected chi connectivity index (χ1v) is 8.64. The van der Waals surface area contributed by atoms with Gasteiger partial charge in [0.25, 0.3) is 10.0 Å². The number of anilines is 1. The third kappa shape index (κ3) is 3.25. The largest absolute Gasteiger partial charge is 0.477 e. The second-order valence-corrected chi connectivity index (χ2v) is 7.09. The summed E-state index contributed by atoms with van der Waals surface area (Å²) < 4.78 is 27.0. The van der Waals surface area contributed by atoms with Gasteiger partial charge in [-0.1, -0.05) is 19.1 Å². The molecule has 1 heterocycles. The highest BCUT2D eigenvalue weighted by Crippen LogP contribution is 2.29. The van der Waals surface area contributed by atoms with Gasteiger partial charge in [-0.3, -0.25) is 4.72 Å². The molecule has 0 saturated heterocycles. The van der Waals surface area contributed by atoms with Gasteiger partial charge in [-0.15, -0.1) is 11.3 Å². The fourth-order valence-corrected chi connectivity index (χ4v) is 3.88. The lowest BCUT2D eigenvalue weighted by Crippen LogP contribution is -2.15. The molecule has 0 saturated carbocycles. The minimum absolute atomic E-state index is 0.0127. The van der Waals surface area contributed by atoms with Crippen LogP contribution in [0.25, 0.3) is 0 Å². The number of aromatic carboxylic acids is 1. The number of hydrogen-bond acceptors (Lipinski definition) is 4. The van der Waals surface area contributed by atoms with Crippen molar-refractivity contribution in [2.45, 2.75) is 25.2 Å². The second kappa shape index (κ2) is 5.87. The van der Waals surface area contributed by atoms with Crippen molar-refractivity contribution < 1.29 is 18.3 Å². The Bertz CT molecular complexity index is 761. The van der Waals surface area contributed by atoms with Crippen LogP contribution >= 0.6 is 11.3 Å². The molecule has 5 nitrogen and oxygen atoms in total. The lowest BCUT2D eigenvalue weighted by atomic mass is 10.2. The molecule has 0 radical (unpaired) electrons. The van der Waals surface area contributed by atoms with E-state index in [0.717, 1.165) is 23.3 Å². The Hall–Kier alpha value is -1.86. The number of carbonyl (C=O) groups is 1. The molecule has 2 N–H and O–H groups in total. The van der Waals surface area contributed by atoms with Gasteiger partial charge < -0.3 is 5.11 Å². The standard InChI is InChI=1S/C14H15NO4S2/c1-3-10-4-6-11(7-5-10)21(18,19)15-12-9(2)8-20-13(12)14(16)17/h4-8,15H,3H2,1-2H3,(H,16,17). The van der Waals surface area contributed by atoms with Crippen LogP contribution in [0.4, 0.5) is 5.69 Å². The predicted molar refractivity (Wildman–Crippen MR) is 82.6 cm³/mol. The maximum atomic E-state index is 12.3. The summed E-state index contributed by atoms with van der Waals surface area (Å²) in [6.07, 6.45) is 0.820. The summed E-state index contributed by atoms with van der Waals surface area (Å²) in [5.74, 6) is -1.15. The Morgan fingerprint density at radius 3 is 2.43 bits per heavy atom. The molecule has 1 aromatic heterocycles. The van der Waals surface area contributed by atoms with E-state index in [1.54, 1.807) is 24.4 Å². The van der Waals surface area contributed by atoms with E-state index in [0.29, 0.717) is 5.56 Å². The first kappa shape index (κ1) is 15.5. The molecule has 112 valence electrons. The molecule has 0 aliphatic carbocycles. The molecule has 0 unspecified atom stereocenters. The predicted octanol–water partition coefficient (Wildman–Crippen LogP) is 3.12. The Balaban J connectivity index is 2.37. The molecule has 0 atom stereocenters. The summed E-state index contributed by atoms with van der Waals surface area (Å²) in [6.45, 7) is 3.65. The van der Waals surface area contributed by atoms with Crippen LogP contribution in [0.3, 0.4) is 0 Å². The average molecular weight is 325 g/mol. The van der Waals surface area contributed by atoms with E-state index in [9.17, 15) is 13.2 Å². The lowest BCUT2D eigenvalue weighted by molar-refractivity contribution is 0.0703. The van der Waals surface area contributed by atoms with Crippen LogP contribution in [0, 0.1) is 6.92 Å². The van der Waals surface area contributed by atoms with Crippen molar-refractivity contribution in [3.63, 3.8) is 0 Å². The number of thiophene rings is 1. The number of nitrogens with one attached hydrogen (secondary N) is 1. The van der Waals surface area contributed by atoms with Crippen LogP contribution in [0.15, 0.2) is 34.5 Å². The highest BCUT2D eigenvalue weighted by molar-refractivity contribution is 7.92. The summed E-state index contributed by atoms with van der Waals surface area (Å²) in [4.78, 5) is 11.2. The summed E-state index contributed by atoms with van der Waals surface area (Å²) in [5, 5.41) is 10.7. The highest BCUT2D eigenvalue weighted by atomic mass is 32.2. The summed E-state index contributed by atoms with van der Waals surface area (Å²) in [5.41, 5.74) is 1.75. The third-order valence-electron chi connectivity index (χ3n) is 3.05. The number of rotatable bonds is 5. The SMILES string of the molecule is CCc1ccc(S(=O)(=O)Nc2c(C)csc2C(=O)O)cc1. The van der Waals surface area contributed by atoms with Crippen molar-refractivity contribution in [2.24, 2.45) is 0 Å². The van der Waals surface area contributed by atoms with E-state index < -0.39 is 16.0 Å². The molecule has 2 rings (SSSR count). The van der Waals surface area contributed by atoms with Crippen LogP contribution in [0.2, 0.25) is 0 Å². The fourth-order valence-electron chi connectivity index (χ4n) is 1.83. The van der Waals surface area contributed by atoms with Crippen molar-refractivity contribution >= 4 is 33.0 Å². The molecule has 0 spiro atoms. The molecular weight excluding hydrogens is 310 g/mol. The zero-order valence-electron chi connectivity index (χ0n) is 11.6. The first-order valence-electron chi connectivity index (χ1n) is 6.28. The molecule has 0 bridgehead atoms. The number of aryl methyl sites for hydroxylation is 2. The molecule has 0 fully saturated rings. The molecular formula is C14H15NO4S2. The van der Waals surface area contributed by atoms with Crippen molar-refractivity contribution in [3.8, 4) is 0 Å². The number of hydrogen-bond donors (Lipinski definition) is 2. The summed E-state index contributed by atoms with van der Waals surface area (Å²) in [6, 6.07) is 6.52. The van der Waals surface area contributed by atoms with Crippen molar-refractivity contribution in [3.05, 3.63) is 45.6 Å². The molecule has 7 heteroatoms. The molecule has 1 aromatic carbocycles. The van der Waals surface area contributed by atoms with Gasteiger partial charge in [0, 0.05) is 0 Å². The lowest BCUT2D eigenvalue weighted by Gasteiger charge is -2.09. The molecule has 0 aliphatic rings. The quantitative estimate of drug-likeness (QED) is 0.884. The summed E-state index contributed by atoms with van der Waals surface area (Å²) in [7, 11) is -3.79. The normalized spacial score (nSPS) is 11.3. The fraction of sp³-hybridized carbons (Fsp3) is 0.214. The number of carboxylic acid groups (broad SMARTS) is 1. The third-order valence-corrected chi connectivity index (χ3v) is 5.50. The van der Waals surface area contributed by atoms with Gasteiger partial charge in [0.15, 0.2) is 0 Å². The van der Waals surface area contributed by atoms with Gasteiger partial charge >= 0.3 is 5.97 Å². The second-order valence-electron chi connectivity index (χ2n) is 4.53. The minimum atomic E-state index is -3.79. The first-order chi connectivity index (χ1) is 9.85. The van der Waals surface area contributed by atoms with Crippen LogP contribution < -0.4 is 4.72 Å². The Labute approximate surface area is 127 Å². The van der Waals surface area contributed by atoms with Crippen LogP contribution in [0.1, 0.15) is 27.7 Å². The molecule has 0 amide bonds. The Morgan fingerprint density at radius 2 is 1.90 bits per heavy atom. The minimum Gasteiger partial charge on any atom is -0.477 e. The number of carboxylic acids is 1. The monoisotopic (exact) mass is 325 g/mol. The van der Waals surface area contributed by atoms with Gasteiger partial charge in [-0.05, 0) is 42.0 Å². The zero-order valence-corrected chi connectivity index (χ0v) is 13.2. The van der Waals surface area contributed by atoms with Crippen LogP contribution in [0.5, 0.6) is 0 Å². The van der Waals surface area contributed by atoms with Crippen LogP contribution in [-0.2, 0) is 16.4 Å².